The molecule has 0 aliphatic carbocycles. The normalized spacial score (nSPS) is 11.4. The third kappa shape index (κ3) is 12.9. The van der Waals surface area contributed by atoms with Gasteiger partial charge in [-0.2, -0.15) is 0 Å². The predicted molar refractivity (Wildman–Crippen MR) is 480 cm³/mol. The van der Waals surface area contributed by atoms with Crippen molar-refractivity contribution in [1.29, 1.82) is 0 Å². The van der Waals surface area contributed by atoms with Crippen LogP contribution in [-0.4, -0.2) is 49.0 Å². The van der Waals surface area contributed by atoms with Crippen LogP contribution in [0.15, 0.2) is 400 Å². The summed E-state index contributed by atoms with van der Waals surface area (Å²) < 4.78 is 9.19. The molecule has 16 aromatic carbocycles. The molecule has 0 N–H and O–H groups in total. The van der Waals surface area contributed by atoms with Gasteiger partial charge in [0, 0.05) is 96.2 Å². The van der Waals surface area contributed by atoms with Gasteiger partial charge in [0.25, 0.3) is 0 Å². The third-order valence-electron chi connectivity index (χ3n) is 21.4. The van der Waals surface area contributed by atoms with Crippen LogP contribution in [0.25, 0.3) is 209 Å². The molecule has 0 bridgehead atoms. The second-order valence-corrected chi connectivity index (χ2v) is 30.6. The van der Waals surface area contributed by atoms with Crippen molar-refractivity contribution >= 4 is 85.1 Å². The lowest BCUT2D eigenvalue weighted by Gasteiger charge is -2.11. The third-order valence-corrected chi connectivity index (χ3v) is 23.8. The molecule has 0 aliphatic heterocycles. The quantitative estimate of drug-likeness (QED) is 0.106. The maximum Gasteiger partial charge on any atom is 0.164 e. The number of thiophene rings is 2. The Hall–Kier alpha value is -15.1. The summed E-state index contributed by atoms with van der Waals surface area (Å²) in [6.07, 6.45) is 0. The first-order chi connectivity index (χ1) is 57.5. The molecule has 0 saturated heterocycles. The summed E-state index contributed by atoms with van der Waals surface area (Å²) in [5.74, 6) is 5.58. The van der Waals surface area contributed by atoms with Crippen LogP contribution >= 0.6 is 22.7 Å². The number of rotatable bonds is 14. The van der Waals surface area contributed by atoms with Gasteiger partial charge < -0.3 is 0 Å². The first-order valence-electron chi connectivity index (χ1n) is 38.6. The number of hydrogen-bond donors (Lipinski definition) is 0. The molecule has 10 nitrogen and oxygen atoms in total. The van der Waals surface area contributed by atoms with E-state index in [-0.39, 0.29) is 0 Å². The number of nitrogens with zero attached hydrogens (tertiary/aromatic N) is 10. The summed E-state index contributed by atoms with van der Waals surface area (Å²) in [5.41, 5.74) is 23.2. The Labute approximate surface area is 676 Å². The summed E-state index contributed by atoms with van der Waals surface area (Å²) in [6, 6.07) is 139. The van der Waals surface area contributed by atoms with Crippen molar-refractivity contribution < 1.29 is 0 Å². The van der Waals surface area contributed by atoms with Crippen LogP contribution in [0.1, 0.15) is 0 Å². The molecule has 116 heavy (non-hydrogen) atoms. The maximum atomic E-state index is 5.27. The highest BCUT2D eigenvalue weighted by Crippen LogP contribution is 2.47. The molecule has 6 heterocycles. The van der Waals surface area contributed by atoms with Crippen LogP contribution < -0.4 is 0 Å². The van der Waals surface area contributed by atoms with Crippen LogP contribution in [0.4, 0.5) is 0 Å². The number of benzene rings is 16. The molecule has 0 spiro atoms. The highest BCUT2D eigenvalue weighted by molar-refractivity contribution is 7.27. The molecule has 0 amide bonds. The summed E-state index contributed by atoms with van der Waals surface area (Å²) in [6.45, 7) is 0. The standard InChI is InChI=1S/2C52H33N5S/c1-4-15-34(16-5-1)36-29-31-37(32-30-36)49-54-50(39-20-12-19-38(33-39)35-17-6-2-7-18-35)56-51(55-49)42-24-14-28-46-47(42)41-23-13-25-43(48(41)58-46)52-53-44-26-10-11-27-45(44)57(52)40-21-8-3-9-22-40;1-4-14-34(15-5-1)36-26-30-38(31-27-36)49-54-50(39-32-28-37(29-33-39)35-16-6-2-7-17-35)56-51(55-49)42-21-13-25-46-47(42)41-20-12-22-43(48(41)58-46)52-53-44-23-10-11-24-45(44)57(52)40-18-8-3-9-19-40/h2*1-33H. The zero-order valence-corrected chi connectivity index (χ0v) is 64.0. The molecule has 0 saturated carbocycles. The van der Waals surface area contributed by atoms with Gasteiger partial charge in [0.05, 0.1) is 22.1 Å². The Morgan fingerprint density at radius 2 is 0.466 bits per heavy atom. The molecule has 12 heteroatoms. The van der Waals surface area contributed by atoms with Gasteiger partial charge in [0.15, 0.2) is 34.9 Å². The van der Waals surface area contributed by atoms with E-state index in [1.54, 1.807) is 22.7 Å². The van der Waals surface area contributed by atoms with Crippen molar-refractivity contribution in [1.82, 2.24) is 49.0 Å². The lowest BCUT2D eigenvalue weighted by atomic mass is 10.0. The number of aromatic nitrogens is 10. The number of hydrogen-bond acceptors (Lipinski definition) is 10. The van der Waals surface area contributed by atoms with Crippen molar-refractivity contribution in [2.24, 2.45) is 0 Å². The SMILES string of the molecule is c1ccc(-c2ccc(-c3nc(-c4ccc(-c5ccccc5)cc4)nc(-c4cccc5sc6c(-c7nc8ccccc8n7-c7ccccc7)cccc6c45)n3)cc2)cc1.c1ccc(-c2ccc(-c3nc(-c4cccc(-c5ccccc5)c4)nc(-c4cccc5sc6c(-c7nc8ccccc8n7-c7ccccc7)cccc6c45)n3)cc2)cc1. The van der Waals surface area contributed by atoms with Gasteiger partial charge in [-0.1, -0.05) is 322 Å². The zero-order valence-electron chi connectivity index (χ0n) is 62.4. The van der Waals surface area contributed by atoms with Crippen LogP contribution in [0.2, 0.25) is 0 Å². The summed E-state index contributed by atoms with van der Waals surface area (Å²) in [5, 5.41) is 4.52. The van der Waals surface area contributed by atoms with E-state index in [0.29, 0.717) is 34.9 Å². The number of fused-ring (bicyclic) bond motifs is 8. The summed E-state index contributed by atoms with van der Waals surface area (Å²) >= 11 is 3.56. The Balaban J connectivity index is 0.000000145. The average Bonchev–Trinajstić information content (AvgIpc) is 1.58. The highest BCUT2D eigenvalue weighted by atomic mass is 32.1. The topological polar surface area (TPSA) is 113 Å². The van der Waals surface area contributed by atoms with E-state index in [4.69, 9.17) is 39.9 Å². The average molecular weight is 1520 g/mol. The molecule has 22 aromatic rings. The Morgan fingerprint density at radius 1 is 0.190 bits per heavy atom. The Kier molecular flexibility index (Phi) is 17.7. The highest BCUT2D eigenvalue weighted by Gasteiger charge is 2.25. The minimum absolute atomic E-state index is 0.624. The van der Waals surface area contributed by atoms with Gasteiger partial charge in [0.1, 0.15) is 11.6 Å². The van der Waals surface area contributed by atoms with Gasteiger partial charge in [-0.05, 0) is 123 Å². The lowest BCUT2D eigenvalue weighted by molar-refractivity contribution is 1.08. The fourth-order valence-electron chi connectivity index (χ4n) is 15.8. The van der Waals surface area contributed by atoms with Crippen molar-refractivity contribution in [3.05, 3.63) is 400 Å². The van der Waals surface area contributed by atoms with E-state index in [1.807, 2.05) is 48.5 Å². The molecule has 0 aliphatic rings. The van der Waals surface area contributed by atoms with Gasteiger partial charge in [-0.15, -0.1) is 22.7 Å². The molecule has 0 atom stereocenters. The minimum Gasteiger partial charge on any atom is -0.292 e. The van der Waals surface area contributed by atoms with E-state index >= 15 is 0 Å². The van der Waals surface area contributed by atoms with Crippen LogP contribution in [0.3, 0.4) is 0 Å². The smallest absolute Gasteiger partial charge is 0.164 e. The summed E-state index contributed by atoms with van der Waals surface area (Å²) in [4.78, 5) is 41.7. The predicted octanol–water partition coefficient (Wildman–Crippen LogP) is 27.2. The van der Waals surface area contributed by atoms with E-state index < -0.39 is 0 Å². The molecule has 0 unspecified atom stereocenters. The second-order valence-electron chi connectivity index (χ2n) is 28.5. The molecule has 0 fully saturated rings. The second kappa shape index (κ2) is 29.9. The minimum atomic E-state index is 0.624. The maximum absolute atomic E-state index is 5.27. The number of imidazole rings is 2. The van der Waals surface area contributed by atoms with E-state index in [1.165, 1.54) is 26.1 Å². The molecule has 6 aromatic heterocycles. The molecule has 0 radical (unpaired) electrons. The van der Waals surface area contributed by atoms with Crippen molar-refractivity contribution in [3.63, 3.8) is 0 Å². The van der Waals surface area contributed by atoms with E-state index in [2.05, 4.69) is 361 Å². The largest absolute Gasteiger partial charge is 0.292 e. The fourth-order valence-corrected chi connectivity index (χ4v) is 18.3. The van der Waals surface area contributed by atoms with Crippen LogP contribution in [0.5, 0.6) is 0 Å². The Bertz CT molecular complexity index is 7300. The molecule has 22 rings (SSSR count). The zero-order chi connectivity index (χ0) is 76.8. The van der Waals surface area contributed by atoms with Crippen LogP contribution in [-0.2, 0) is 0 Å². The number of para-hydroxylation sites is 6. The van der Waals surface area contributed by atoms with E-state index in [0.717, 1.165) is 148 Å². The van der Waals surface area contributed by atoms with Gasteiger partial charge >= 0.3 is 0 Å². The summed E-state index contributed by atoms with van der Waals surface area (Å²) in [7, 11) is 0. The fraction of sp³-hybridized carbons (Fsp3) is 0. The molecule has 544 valence electrons. The first kappa shape index (κ1) is 68.9. The molecular weight excluding hydrogens is 1450 g/mol. The Morgan fingerprint density at radius 3 is 0.853 bits per heavy atom. The van der Waals surface area contributed by atoms with Crippen LogP contribution in [0, 0.1) is 0 Å². The molecular formula is C104H66N10S2. The first-order valence-corrected chi connectivity index (χ1v) is 40.2. The van der Waals surface area contributed by atoms with E-state index in [9.17, 15) is 0 Å². The van der Waals surface area contributed by atoms with Crippen molar-refractivity contribution in [2.45, 2.75) is 0 Å². The lowest BCUT2D eigenvalue weighted by Crippen LogP contribution is -2.00. The van der Waals surface area contributed by atoms with Gasteiger partial charge in [0.2, 0.25) is 0 Å². The van der Waals surface area contributed by atoms with Gasteiger partial charge in [-0.25, -0.2) is 39.9 Å². The van der Waals surface area contributed by atoms with Crippen molar-refractivity contribution in [3.8, 4) is 147 Å². The van der Waals surface area contributed by atoms with Crippen molar-refractivity contribution in [2.75, 3.05) is 0 Å². The monoisotopic (exact) mass is 1520 g/mol. The van der Waals surface area contributed by atoms with Gasteiger partial charge in [-0.3, -0.25) is 9.13 Å².